The molecule has 0 saturated heterocycles. The number of aryl methyl sites for hydroxylation is 2. The van der Waals surface area contributed by atoms with Crippen molar-refractivity contribution in [2.24, 2.45) is 14.1 Å². The van der Waals surface area contributed by atoms with E-state index >= 15 is 0 Å². The summed E-state index contributed by atoms with van der Waals surface area (Å²) in [5.41, 5.74) is 3.86. The lowest BCUT2D eigenvalue weighted by atomic mass is 10.1. The predicted molar refractivity (Wildman–Crippen MR) is 116 cm³/mol. The normalized spacial score (nSPS) is 11.3. The largest absolute Gasteiger partial charge is 0.330 e. The second-order valence-corrected chi connectivity index (χ2v) is 7.72. The molecule has 0 bridgehead atoms. The van der Waals surface area contributed by atoms with Gasteiger partial charge in [-0.25, -0.2) is 4.79 Å². The third-order valence-corrected chi connectivity index (χ3v) is 5.66. The fourth-order valence-corrected chi connectivity index (χ4v) is 4.09. The Hall–Kier alpha value is -2.86. The maximum atomic E-state index is 13.1. The molecule has 0 radical (unpaired) electrons. The number of hydrogen-bond donors (Lipinski definition) is 0. The van der Waals surface area contributed by atoms with E-state index in [-0.39, 0.29) is 11.2 Å². The first-order valence-electron chi connectivity index (χ1n) is 9.09. The number of nitrogens with zero attached hydrogens (tertiary/aromatic N) is 3. The van der Waals surface area contributed by atoms with E-state index in [0.29, 0.717) is 10.9 Å². The van der Waals surface area contributed by atoms with E-state index in [0.717, 1.165) is 27.8 Å². The first-order valence-corrected chi connectivity index (χ1v) is 9.88. The Bertz CT molecular complexity index is 1330. The van der Waals surface area contributed by atoms with Gasteiger partial charge in [-0.05, 0) is 30.2 Å². The molecule has 0 aliphatic carbocycles. The lowest BCUT2D eigenvalue weighted by Gasteiger charge is -2.14. The molecule has 0 N–H and O–H groups in total. The molecular weight excluding hydrogens is 418 g/mol. The SMILES string of the molecule is CCc1ccccc1-n1cc2c(c1-c1cccc(Br)c1)c(=O)n(C)c(=O)n2C. The van der Waals surface area contributed by atoms with Crippen molar-refractivity contribution in [1.29, 1.82) is 0 Å². The lowest BCUT2D eigenvalue weighted by Crippen LogP contribution is -2.36. The van der Waals surface area contributed by atoms with Gasteiger partial charge in [0.15, 0.2) is 0 Å². The van der Waals surface area contributed by atoms with Gasteiger partial charge < -0.3 is 4.57 Å². The topological polar surface area (TPSA) is 48.9 Å². The third kappa shape index (κ3) is 2.76. The number of para-hydroxylation sites is 1. The third-order valence-electron chi connectivity index (χ3n) is 5.17. The van der Waals surface area contributed by atoms with Crippen LogP contribution in [0.25, 0.3) is 27.8 Å². The van der Waals surface area contributed by atoms with Crippen LogP contribution in [0.3, 0.4) is 0 Å². The van der Waals surface area contributed by atoms with E-state index in [9.17, 15) is 9.59 Å². The molecule has 6 heteroatoms. The van der Waals surface area contributed by atoms with Crippen molar-refractivity contribution in [3.05, 3.63) is 85.6 Å². The van der Waals surface area contributed by atoms with E-state index < -0.39 is 0 Å². The summed E-state index contributed by atoms with van der Waals surface area (Å²) in [6.45, 7) is 2.11. The fraction of sp³-hybridized carbons (Fsp3) is 0.182. The molecule has 0 aliphatic rings. The van der Waals surface area contributed by atoms with E-state index in [4.69, 9.17) is 0 Å². The molecule has 28 heavy (non-hydrogen) atoms. The van der Waals surface area contributed by atoms with Crippen molar-refractivity contribution >= 4 is 26.8 Å². The zero-order chi connectivity index (χ0) is 20.0. The van der Waals surface area contributed by atoms with Crippen LogP contribution in [-0.2, 0) is 20.5 Å². The highest BCUT2D eigenvalue weighted by molar-refractivity contribution is 9.10. The van der Waals surface area contributed by atoms with Crippen molar-refractivity contribution in [1.82, 2.24) is 13.7 Å². The summed E-state index contributed by atoms with van der Waals surface area (Å²) < 4.78 is 5.66. The van der Waals surface area contributed by atoms with E-state index in [2.05, 4.69) is 28.9 Å². The Morgan fingerprint density at radius 2 is 1.71 bits per heavy atom. The van der Waals surface area contributed by atoms with Crippen LogP contribution < -0.4 is 11.2 Å². The Morgan fingerprint density at radius 3 is 2.43 bits per heavy atom. The van der Waals surface area contributed by atoms with Crippen LogP contribution in [-0.4, -0.2) is 13.7 Å². The minimum atomic E-state index is -0.334. The van der Waals surface area contributed by atoms with Gasteiger partial charge in [0.2, 0.25) is 0 Å². The number of halogens is 1. The van der Waals surface area contributed by atoms with Crippen molar-refractivity contribution < 1.29 is 0 Å². The number of rotatable bonds is 3. The Morgan fingerprint density at radius 1 is 0.964 bits per heavy atom. The maximum Gasteiger partial charge on any atom is 0.330 e. The van der Waals surface area contributed by atoms with E-state index in [1.165, 1.54) is 21.7 Å². The summed E-state index contributed by atoms with van der Waals surface area (Å²) in [6, 6.07) is 16.0. The molecule has 5 nitrogen and oxygen atoms in total. The Balaban J connectivity index is 2.24. The zero-order valence-electron chi connectivity index (χ0n) is 15.9. The van der Waals surface area contributed by atoms with Gasteiger partial charge in [0, 0.05) is 36.0 Å². The van der Waals surface area contributed by atoms with Gasteiger partial charge in [0.25, 0.3) is 5.56 Å². The van der Waals surface area contributed by atoms with Crippen LogP contribution in [0.1, 0.15) is 12.5 Å². The highest BCUT2D eigenvalue weighted by Gasteiger charge is 2.21. The summed E-state index contributed by atoms with van der Waals surface area (Å²) in [4.78, 5) is 25.6. The van der Waals surface area contributed by atoms with Crippen molar-refractivity contribution in [2.45, 2.75) is 13.3 Å². The van der Waals surface area contributed by atoms with Gasteiger partial charge in [-0.3, -0.25) is 13.9 Å². The second-order valence-electron chi connectivity index (χ2n) is 6.81. The molecular formula is C22H20BrN3O2. The van der Waals surface area contributed by atoms with E-state index in [1.807, 2.05) is 53.2 Å². The lowest BCUT2D eigenvalue weighted by molar-refractivity contribution is 0.714. The zero-order valence-corrected chi connectivity index (χ0v) is 17.5. The second kappa shape index (κ2) is 6.95. The molecule has 0 amide bonds. The molecule has 2 heterocycles. The van der Waals surface area contributed by atoms with E-state index in [1.54, 1.807) is 7.05 Å². The molecule has 0 aliphatic heterocycles. The number of fused-ring (bicyclic) bond motifs is 1. The van der Waals surface area contributed by atoms with Crippen LogP contribution in [0, 0.1) is 0 Å². The summed E-state index contributed by atoms with van der Waals surface area (Å²) in [5.74, 6) is 0. The smallest absolute Gasteiger partial charge is 0.313 e. The maximum absolute atomic E-state index is 13.1. The van der Waals surface area contributed by atoms with Gasteiger partial charge in [-0.2, -0.15) is 0 Å². The molecule has 0 fully saturated rings. The average Bonchev–Trinajstić information content (AvgIpc) is 3.11. The fourth-order valence-electron chi connectivity index (χ4n) is 3.69. The highest BCUT2D eigenvalue weighted by atomic mass is 79.9. The average molecular weight is 438 g/mol. The summed E-state index contributed by atoms with van der Waals surface area (Å²) in [7, 11) is 3.22. The first-order chi connectivity index (χ1) is 13.4. The summed E-state index contributed by atoms with van der Waals surface area (Å²) in [6.07, 6.45) is 2.75. The number of benzene rings is 2. The van der Waals surface area contributed by atoms with Crippen molar-refractivity contribution in [3.63, 3.8) is 0 Å². The van der Waals surface area contributed by atoms with Crippen LogP contribution in [0.15, 0.2) is 68.8 Å². The molecule has 2 aromatic carbocycles. The molecule has 0 spiro atoms. The van der Waals surface area contributed by atoms with Crippen LogP contribution in [0.2, 0.25) is 0 Å². The van der Waals surface area contributed by atoms with Gasteiger partial charge in [-0.1, -0.05) is 53.2 Å². The van der Waals surface area contributed by atoms with Crippen molar-refractivity contribution in [3.8, 4) is 16.9 Å². The molecule has 0 saturated carbocycles. The van der Waals surface area contributed by atoms with Crippen molar-refractivity contribution in [2.75, 3.05) is 0 Å². The highest BCUT2D eigenvalue weighted by Crippen LogP contribution is 2.33. The number of aromatic nitrogens is 3. The quantitative estimate of drug-likeness (QED) is 0.485. The monoisotopic (exact) mass is 437 g/mol. The molecule has 4 aromatic rings. The predicted octanol–water partition coefficient (Wildman–Crippen LogP) is 4.02. The Labute approximate surface area is 170 Å². The van der Waals surface area contributed by atoms with Crippen LogP contribution >= 0.6 is 15.9 Å². The van der Waals surface area contributed by atoms with Gasteiger partial charge >= 0.3 is 5.69 Å². The Kier molecular flexibility index (Phi) is 4.59. The molecule has 2 aromatic heterocycles. The van der Waals surface area contributed by atoms with Crippen LogP contribution in [0.4, 0.5) is 0 Å². The van der Waals surface area contributed by atoms with Crippen LogP contribution in [0.5, 0.6) is 0 Å². The summed E-state index contributed by atoms with van der Waals surface area (Å²) >= 11 is 3.53. The molecule has 0 atom stereocenters. The molecule has 4 rings (SSSR count). The first kappa shape index (κ1) is 18.5. The van der Waals surface area contributed by atoms with Gasteiger partial charge in [0.1, 0.15) is 0 Å². The number of hydrogen-bond acceptors (Lipinski definition) is 2. The van der Waals surface area contributed by atoms with Gasteiger partial charge in [0.05, 0.1) is 16.6 Å². The molecule has 0 unspecified atom stereocenters. The molecule has 142 valence electrons. The minimum absolute atomic E-state index is 0.291. The minimum Gasteiger partial charge on any atom is -0.313 e. The van der Waals surface area contributed by atoms with Gasteiger partial charge in [-0.15, -0.1) is 0 Å². The standard InChI is InChI=1S/C22H20BrN3O2/c1-4-14-8-5-6-11-17(14)26-13-18-19(21(27)25(3)22(28)24(18)2)20(26)15-9-7-10-16(23)12-15/h5-13H,4H2,1-3H3. The summed E-state index contributed by atoms with van der Waals surface area (Å²) in [5, 5.41) is 0.536.